The minimum atomic E-state index is -0.163. The van der Waals surface area contributed by atoms with Crippen LogP contribution in [0, 0.1) is 0 Å². The van der Waals surface area contributed by atoms with E-state index in [1.165, 1.54) is 11.3 Å². The molecule has 0 saturated heterocycles. The summed E-state index contributed by atoms with van der Waals surface area (Å²) >= 11 is 4.98. The highest BCUT2D eigenvalue weighted by Gasteiger charge is 2.18. The second-order valence-corrected chi connectivity index (χ2v) is 8.98. The topological polar surface area (TPSA) is 68.0 Å². The Morgan fingerprint density at radius 3 is 2.77 bits per heavy atom. The average Bonchev–Trinajstić information content (AvgIpc) is 3.14. The summed E-state index contributed by atoms with van der Waals surface area (Å²) in [5, 5.41) is 9.77. The maximum Gasteiger partial charge on any atom is 0.262 e. The first-order valence-corrected chi connectivity index (χ1v) is 11.3. The van der Waals surface area contributed by atoms with Crippen molar-refractivity contribution in [2.24, 2.45) is 10.1 Å². The number of hydrogen-bond donors (Lipinski definition) is 1. The fourth-order valence-electron chi connectivity index (χ4n) is 3.05. The van der Waals surface area contributed by atoms with E-state index in [2.05, 4.69) is 32.8 Å². The number of carbonyl (C=O) groups is 1. The molecule has 8 heteroatoms. The number of carbonyl (C=O) groups excluding carboxylic acids is 1. The predicted octanol–water partition coefficient (Wildman–Crippen LogP) is 5.06. The number of nitrogens with one attached hydrogen (secondary N) is 1. The van der Waals surface area contributed by atoms with Crippen LogP contribution in [-0.2, 0) is 4.79 Å². The highest BCUT2D eigenvalue weighted by atomic mass is 79.9. The third-order valence-electron chi connectivity index (χ3n) is 4.59. The number of rotatable bonds is 5. The molecule has 0 unspecified atom stereocenters. The van der Waals surface area contributed by atoms with Gasteiger partial charge in [-0.3, -0.25) is 9.79 Å². The summed E-state index contributed by atoms with van der Waals surface area (Å²) < 4.78 is 8.35. The van der Waals surface area contributed by atoms with Crippen molar-refractivity contribution in [1.82, 2.24) is 4.68 Å². The lowest BCUT2D eigenvalue weighted by Crippen LogP contribution is -2.25. The van der Waals surface area contributed by atoms with Crippen LogP contribution in [0.3, 0.4) is 0 Å². The Balaban J connectivity index is 1.82. The van der Waals surface area contributed by atoms with Crippen molar-refractivity contribution in [3.63, 3.8) is 0 Å². The second kappa shape index (κ2) is 9.03. The molecule has 4 rings (SSSR count). The number of aromatic nitrogens is 1. The molecule has 6 nitrogen and oxygen atoms in total. The summed E-state index contributed by atoms with van der Waals surface area (Å²) in [4.78, 5) is 17.2. The average molecular weight is 497 g/mol. The van der Waals surface area contributed by atoms with Gasteiger partial charge >= 0.3 is 0 Å². The van der Waals surface area contributed by atoms with E-state index in [0.717, 1.165) is 37.4 Å². The maximum atomic E-state index is 11.7. The van der Waals surface area contributed by atoms with Crippen LogP contribution in [0.2, 0.25) is 0 Å². The molecular formula is C23H21BrN4O2S. The van der Waals surface area contributed by atoms with Crippen molar-refractivity contribution >= 4 is 44.6 Å². The third-order valence-corrected chi connectivity index (χ3v) is 5.97. The van der Waals surface area contributed by atoms with Gasteiger partial charge in [0.15, 0.2) is 6.61 Å². The van der Waals surface area contributed by atoms with Crippen molar-refractivity contribution in [2.75, 3.05) is 18.5 Å². The van der Waals surface area contributed by atoms with Gasteiger partial charge in [0.1, 0.15) is 5.75 Å². The summed E-state index contributed by atoms with van der Waals surface area (Å²) in [7, 11) is 0. The highest BCUT2D eigenvalue weighted by molar-refractivity contribution is 9.10. The molecule has 2 heterocycles. The zero-order chi connectivity index (χ0) is 22.0. The molecular weight excluding hydrogens is 476 g/mol. The van der Waals surface area contributed by atoms with E-state index in [1.807, 2.05) is 66.4 Å². The lowest BCUT2D eigenvalue weighted by molar-refractivity contribution is -0.118. The van der Waals surface area contributed by atoms with E-state index in [0.29, 0.717) is 18.0 Å². The van der Waals surface area contributed by atoms with Gasteiger partial charge in [-0.1, -0.05) is 40.2 Å². The summed E-state index contributed by atoms with van der Waals surface area (Å²) in [5.74, 6) is 0.496. The molecule has 3 aromatic rings. The Morgan fingerprint density at radius 1 is 1.26 bits per heavy atom. The largest absolute Gasteiger partial charge is 0.482 e. The number of ether oxygens (including phenoxy) is 1. The molecule has 0 bridgehead atoms. The van der Waals surface area contributed by atoms with E-state index in [1.54, 1.807) is 0 Å². The number of anilines is 1. The van der Waals surface area contributed by atoms with Gasteiger partial charge in [0, 0.05) is 15.4 Å². The lowest BCUT2D eigenvalue weighted by atomic mass is 10.1. The van der Waals surface area contributed by atoms with E-state index in [-0.39, 0.29) is 12.5 Å². The zero-order valence-corrected chi connectivity index (χ0v) is 19.6. The number of nitrogens with zero attached hydrogens (tertiary/aromatic N) is 3. The first-order valence-electron chi connectivity index (χ1n) is 9.65. The summed E-state index contributed by atoms with van der Waals surface area (Å²) in [6.07, 6.45) is 0. The van der Waals surface area contributed by atoms with Crippen LogP contribution in [0.25, 0.3) is 11.3 Å². The Bertz CT molecular complexity index is 1260. The predicted molar refractivity (Wildman–Crippen MR) is 129 cm³/mol. The van der Waals surface area contributed by atoms with Crippen LogP contribution < -0.4 is 14.9 Å². The van der Waals surface area contributed by atoms with Gasteiger partial charge in [0.05, 0.1) is 23.6 Å². The highest BCUT2D eigenvalue weighted by Crippen LogP contribution is 2.33. The minimum Gasteiger partial charge on any atom is -0.482 e. The SMILES string of the molecule is C=C(C)CN=c1scc(-c2ccc3c(c2)NC(=O)CO3)n1N=C(C)c1ccc(Br)cc1. The van der Waals surface area contributed by atoms with Crippen LogP contribution in [0.5, 0.6) is 5.75 Å². The first kappa shape index (κ1) is 21.3. The number of fused-ring (bicyclic) bond motifs is 1. The monoisotopic (exact) mass is 496 g/mol. The van der Waals surface area contributed by atoms with Crippen LogP contribution in [-0.4, -0.2) is 29.4 Å². The zero-order valence-electron chi connectivity index (χ0n) is 17.2. The minimum absolute atomic E-state index is 0.0331. The number of hydrogen-bond acceptors (Lipinski definition) is 5. The van der Waals surface area contributed by atoms with Crippen LogP contribution >= 0.6 is 27.3 Å². The summed E-state index contributed by atoms with van der Waals surface area (Å²) in [5.41, 5.74) is 5.29. The van der Waals surface area contributed by atoms with Crippen molar-refractivity contribution in [2.45, 2.75) is 13.8 Å². The fraction of sp³-hybridized carbons (Fsp3) is 0.174. The van der Waals surface area contributed by atoms with Gasteiger partial charge in [0.25, 0.3) is 5.91 Å². The first-order chi connectivity index (χ1) is 14.9. The van der Waals surface area contributed by atoms with E-state index >= 15 is 0 Å². The normalized spacial score (nSPS) is 14.1. The molecule has 0 radical (unpaired) electrons. The summed E-state index contributed by atoms with van der Waals surface area (Å²) in [6, 6.07) is 13.7. The van der Waals surface area contributed by atoms with Gasteiger partial charge in [-0.2, -0.15) is 5.10 Å². The van der Waals surface area contributed by atoms with E-state index < -0.39 is 0 Å². The second-order valence-electron chi connectivity index (χ2n) is 7.23. The number of amides is 1. The molecule has 1 aromatic heterocycles. The van der Waals surface area contributed by atoms with Crippen molar-refractivity contribution in [1.29, 1.82) is 0 Å². The molecule has 0 spiro atoms. The van der Waals surface area contributed by atoms with Gasteiger partial charge in [-0.05, 0) is 49.7 Å². The number of thiazole rings is 1. The molecule has 0 aliphatic carbocycles. The van der Waals surface area contributed by atoms with Crippen molar-refractivity contribution < 1.29 is 9.53 Å². The number of halogens is 1. The Morgan fingerprint density at radius 2 is 2.03 bits per heavy atom. The Labute approximate surface area is 192 Å². The molecule has 1 amide bonds. The lowest BCUT2D eigenvalue weighted by Gasteiger charge is -2.18. The molecule has 0 fully saturated rings. The van der Waals surface area contributed by atoms with Crippen LogP contribution in [0.15, 0.2) is 74.6 Å². The maximum absolute atomic E-state index is 11.7. The molecule has 0 atom stereocenters. The number of benzene rings is 2. The Kier molecular flexibility index (Phi) is 6.20. The molecule has 1 aliphatic rings. The Hall–Kier alpha value is -2.97. The molecule has 1 aliphatic heterocycles. The van der Waals surface area contributed by atoms with Gasteiger partial charge < -0.3 is 10.1 Å². The standard InChI is InChI=1S/C23H21BrN4O2S/c1-14(2)11-25-23-28(27-15(3)16-4-7-18(24)8-5-16)20(13-31-23)17-6-9-21-19(10-17)26-22(29)12-30-21/h4-10,13H,1,11-12H2,2-3H3,(H,26,29). The van der Waals surface area contributed by atoms with Crippen molar-refractivity contribution in [3.05, 3.63) is 74.8 Å². The van der Waals surface area contributed by atoms with Crippen LogP contribution in [0.1, 0.15) is 19.4 Å². The molecule has 31 heavy (non-hydrogen) atoms. The van der Waals surface area contributed by atoms with Gasteiger partial charge in [0.2, 0.25) is 4.80 Å². The smallest absolute Gasteiger partial charge is 0.262 e. The molecule has 0 saturated carbocycles. The third kappa shape index (κ3) is 4.86. The van der Waals surface area contributed by atoms with Crippen molar-refractivity contribution in [3.8, 4) is 17.0 Å². The van der Waals surface area contributed by atoms with Gasteiger partial charge in [-0.25, -0.2) is 4.68 Å². The molecule has 2 aromatic carbocycles. The molecule has 158 valence electrons. The fourth-order valence-corrected chi connectivity index (χ4v) is 4.14. The van der Waals surface area contributed by atoms with Gasteiger partial charge in [-0.15, -0.1) is 11.3 Å². The van der Waals surface area contributed by atoms with E-state index in [4.69, 9.17) is 9.84 Å². The molecule has 1 N–H and O–H groups in total. The van der Waals surface area contributed by atoms with E-state index in [9.17, 15) is 4.79 Å². The summed E-state index contributed by atoms with van der Waals surface area (Å²) in [6.45, 7) is 8.43. The quantitative estimate of drug-likeness (QED) is 0.396. The van der Waals surface area contributed by atoms with Crippen LogP contribution in [0.4, 0.5) is 5.69 Å².